The van der Waals surface area contributed by atoms with E-state index >= 15 is 0 Å². The summed E-state index contributed by atoms with van der Waals surface area (Å²) in [7, 11) is 0. The van der Waals surface area contributed by atoms with E-state index < -0.39 is 51.8 Å². The SMILES string of the molecule is O=C=NC12CCC(CC1n1c(=O)n(C3CC4CCC3(N=C=O)C4)c(=O)n(C3CC4CCC3(N=C=O)C4)c1=O)C2. The van der Waals surface area contributed by atoms with E-state index in [1.165, 1.54) is 0 Å². The predicted octanol–water partition coefficient (Wildman–Crippen LogP) is 1.63. The Morgan fingerprint density at radius 3 is 1.05 bits per heavy atom. The number of aliphatic imine (C=N–C) groups is 3. The van der Waals surface area contributed by atoms with E-state index in [2.05, 4.69) is 15.0 Å². The third-order valence-corrected chi connectivity index (χ3v) is 11.4. The second kappa shape index (κ2) is 8.28. The smallest absolute Gasteiger partial charge is 0.247 e. The van der Waals surface area contributed by atoms with Crippen molar-refractivity contribution < 1.29 is 14.4 Å². The van der Waals surface area contributed by atoms with E-state index in [4.69, 9.17) is 0 Å². The fourth-order valence-corrected chi connectivity index (χ4v) is 9.82. The first kappa shape index (κ1) is 24.6. The molecule has 0 amide bonds. The van der Waals surface area contributed by atoms with Crippen molar-refractivity contribution in [2.45, 2.75) is 112 Å². The second-order valence-electron chi connectivity index (χ2n) is 13.0. The molecular formula is C27H30N6O6. The zero-order valence-corrected chi connectivity index (χ0v) is 21.6. The molecule has 0 aromatic carbocycles. The van der Waals surface area contributed by atoms with Gasteiger partial charge in [0, 0.05) is 0 Å². The Hall–Kier alpha value is -3.45. The van der Waals surface area contributed by atoms with Crippen molar-refractivity contribution in [3.05, 3.63) is 31.5 Å². The molecule has 6 aliphatic rings. The van der Waals surface area contributed by atoms with Crippen molar-refractivity contribution in [2.75, 3.05) is 0 Å². The van der Waals surface area contributed by atoms with Crippen LogP contribution >= 0.6 is 0 Å². The first-order valence-electron chi connectivity index (χ1n) is 14.1. The Kier molecular flexibility index (Phi) is 5.22. The maximum Gasteiger partial charge on any atom is 0.337 e. The molecule has 39 heavy (non-hydrogen) atoms. The predicted molar refractivity (Wildman–Crippen MR) is 135 cm³/mol. The van der Waals surface area contributed by atoms with Gasteiger partial charge in [-0.2, -0.15) is 15.0 Å². The Bertz CT molecular complexity index is 1370. The van der Waals surface area contributed by atoms with E-state index in [1.54, 1.807) is 18.2 Å². The minimum atomic E-state index is -0.921. The number of fused-ring (bicyclic) bond motifs is 6. The van der Waals surface area contributed by atoms with E-state index in [9.17, 15) is 28.8 Å². The van der Waals surface area contributed by atoms with Crippen LogP contribution in [0.1, 0.15) is 95.2 Å². The molecule has 6 bridgehead atoms. The van der Waals surface area contributed by atoms with Crippen molar-refractivity contribution in [1.82, 2.24) is 13.7 Å². The zero-order chi connectivity index (χ0) is 27.2. The molecule has 6 aliphatic carbocycles. The molecule has 0 saturated heterocycles. The lowest BCUT2D eigenvalue weighted by Gasteiger charge is -2.37. The van der Waals surface area contributed by atoms with Crippen LogP contribution in [0.25, 0.3) is 0 Å². The molecule has 6 fully saturated rings. The summed E-state index contributed by atoms with van der Waals surface area (Å²) in [6.45, 7) is 0. The van der Waals surface area contributed by atoms with Crippen LogP contribution in [0, 0.1) is 17.8 Å². The fourth-order valence-electron chi connectivity index (χ4n) is 9.82. The standard InChI is InChI=1S/C27H30N6O6/c34-13-28-25-4-1-16(10-25)7-19(25)31-22(37)32(20-8-17-2-5-26(20,11-17)29-14-35)24(39)33(23(31)38)21-9-18-3-6-27(21,12-18)30-15-36/h16-21H,1-12H2. The molecule has 204 valence electrons. The molecule has 12 nitrogen and oxygen atoms in total. The molecule has 0 radical (unpaired) electrons. The number of isocyanates is 3. The molecule has 7 rings (SSSR count). The molecule has 1 heterocycles. The van der Waals surface area contributed by atoms with Gasteiger partial charge in [0.2, 0.25) is 18.2 Å². The van der Waals surface area contributed by atoms with Crippen molar-refractivity contribution in [3.63, 3.8) is 0 Å². The summed E-state index contributed by atoms with van der Waals surface area (Å²) in [6, 6.07) is -2.07. The topological polar surface area (TPSA) is 154 Å². The number of hydrogen-bond donors (Lipinski definition) is 0. The summed E-state index contributed by atoms with van der Waals surface area (Å²) in [6.07, 6.45) is 12.4. The average molecular weight is 535 g/mol. The monoisotopic (exact) mass is 534 g/mol. The van der Waals surface area contributed by atoms with Gasteiger partial charge in [0.25, 0.3) is 0 Å². The first-order valence-corrected chi connectivity index (χ1v) is 14.1. The molecule has 1 aromatic heterocycles. The molecule has 1 aromatic rings. The Labute approximate surface area is 222 Å². The van der Waals surface area contributed by atoms with Gasteiger partial charge in [0.15, 0.2) is 0 Å². The summed E-state index contributed by atoms with van der Waals surface area (Å²) in [5, 5.41) is 0. The van der Waals surface area contributed by atoms with Gasteiger partial charge in [0.05, 0.1) is 34.7 Å². The second-order valence-corrected chi connectivity index (χ2v) is 13.0. The van der Waals surface area contributed by atoms with Gasteiger partial charge < -0.3 is 0 Å². The highest BCUT2D eigenvalue weighted by molar-refractivity contribution is 5.38. The Balaban J connectivity index is 1.50. The normalized spacial score (nSPS) is 42.8. The highest BCUT2D eigenvalue weighted by atomic mass is 16.2. The van der Waals surface area contributed by atoms with Crippen LogP contribution in [0.5, 0.6) is 0 Å². The summed E-state index contributed by atoms with van der Waals surface area (Å²) in [5.41, 5.74) is -4.99. The van der Waals surface area contributed by atoms with E-state index in [0.717, 1.165) is 33.0 Å². The summed E-state index contributed by atoms with van der Waals surface area (Å²) in [4.78, 5) is 89.8. The van der Waals surface area contributed by atoms with Crippen LogP contribution in [0.3, 0.4) is 0 Å². The molecule has 9 atom stereocenters. The van der Waals surface area contributed by atoms with Crippen LogP contribution in [-0.2, 0) is 14.4 Å². The Morgan fingerprint density at radius 2 is 0.821 bits per heavy atom. The van der Waals surface area contributed by atoms with Gasteiger partial charge in [0.1, 0.15) is 0 Å². The molecule has 9 unspecified atom stereocenters. The van der Waals surface area contributed by atoms with Crippen molar-refractivity contribution >= 4 is 18.2 Å². The Morgan fingerprint density at radius 1 is 0.538 bits per heavy atom. The number of carbonyl (C=O) groups excluding carboxylic acids is 3. The van der Waals surface area contributed by atoms with Crippen LogP contribution in [0.2, 0.25) is 0 Å². The highest BCUT2D eigenvalue weighted by Gasteiger charge is 2.59. The molecule has 0 N–H and O–H groups in total. The number of rotatable bonds is 6. The minimum Gasteiger partial charge on any atom is -0.247 e. The molecule has 0 aliphatic heterocycles. The quantitative estimate of drug-likeness (QED) is 0.399. The first-order chi connectivity index (χ1) is 18.8. The van der Waals surface area contributed by atoms with E-state index in [1.807, 2.05) is 0 Å². The van der Waals surface area contributed by atoms with Crippen LogP contribution < -0.4 is 17.1 Å². The van der Waals surface area contributed by atoms with Gasteiger partial charge in [-0.3, -0.25) is 0 Å². The van der Waals surface area contributed by atoms with E-state index in [0.29, 0.717) is 57.8 Å². The van der Waals surface area contributed by atoms with Crippen LogP contribution in [0.4, 0.5) is 0 Å². The van der Waals surface area contributed by atoms with Crippen molar-refractivity contribution in [3.8, 4) is 0 Å². The van der Waals surface area contributed by atoms with Crippen LogP contribution in [0.15, 0.2) is 29.4 Å². The van der Waals surface area contributed by atoms with Gasteiger partial charge >= 0.3 is 17.1 Å². The zero-order valence-electron chi connectivity index (χ0n) is 21.6. The highest BCUT2D eigenvalue weighted by Crippen LogP contribution is 2.58. The lowest BCUT2D eigenvalue weighted by molar-refractivity contribution is 0.198. The number of nitrogens with zero attached hydrogens (tertiary/aromatic N) is 6. The maximum absolute atomic E-state index is 14.3. The van der Waals surface area contributed by atoms with Gasteiger partial charge in [-0.25, -0.2) is 42.5 Å². The van der Waals surface area contributed by atoms with E-state index in [-0.39, 0.29) is 17.8 Å². The average Bonchev–Trinajstić information content (AvgIpc) is 3.73. The fraction of sp³-hybridized carbons (Fsp3) is 0.778. The summed E-state index contributed by atoms with van der Waals surface area (Å²) >= 11 is 0. The largest absolute Gasteiger partial charge is 0.337 e. The van der Waals surface area contributed by atoms with Gasteiger partial charge in [-0.05, 0) is 94.8 Å². The van der Waals surface area contributed by atoms with Gasteiger partial charge in [-0.15, -0.1) is 0 Å². The molecule has 6 saturated carbocycles. The van der Waals surface area contributed by atoms with Crippen LogP contribution in [-0.4, -0.2) is 48.6 Å². The lowest BCUT2D eigenvalue weighted by Crippen LogP contribution is -2.62. The molecule has 0 spiro atoms. The van der Waals surface area contributed by atoms with Gasteiger partial charge in [-0.1, -0.05) is 0 Å². The third kappa shape index (κ3) is 3.16. The van der Waals surface area contributed by atoms with Crippen molar-refractivity contribution in [2.24, 2.45) is 32.7 Å². The third-order valence-electron chi connectivity index (χ3n) is 11.4. The maximum atomic E-state index is 14.3. The molecular weight excluding hydrogens is 504 g/mol. The summed E-state index contributed by atoms with van der Waals surface area (Å²) < 4.78 is 3.45. The molecule has 12 heteroatoms. The number of aromatic nitrogens is 3. The van der Waals surface area contributed by atoms with Crippen molar-refractivity contribution in [1.29, 1.82) is 0 Å². The number of hydrogen-bond acceptors (Lipinski definition) is 9. The lowest BCUT2D eigenvalue weighted by atomic mass is 9.87. The minimum absolute atomic E-state index is 0.203. The summed E-state index contributed by atoms with van der Waals surface area (Å²) in [5.74, 6) is 0.609.